The van der Waals surface area contributed by atoms with Gasteiger partial charge in [0, 0.05) is 31.6 Å². The van der Waals surface area contributed by atoms with Crippen LogP contribution >= 0.6 is 0 Å². The van der Waals surface area contributed by atoms with Gasteiger partial charge in [0.2, 0.25) is 11.8 Å². The third-order valence-corrected chi connectivity index (χ3v) is 4.96. The van der Waals surface area contributed by atoms with Gasteiger partial charge in [-0.1, -0.05) is 12.1 Å². The summed E-state index contributed by atoms with van der Waals surface area (Å²) in [7, 11) is 0. The van der Waals surface area contributed by atoms with Gasteiger partial charge in [0.15, 0.2) is 0 Å². The van der Waals surface area contributed by atoms with Crippen molar-refractivity contribution in [3.63, 3.8) is 0 Å². The van der Waals surface area contributed by atoms with Crippen molar-refractivity contribution in [3.8, 4) is 11.8 Å². The van der Waals surface area contributed by atoms with Gasteiger partial charge in [-0.3, -0.25) is 4.90 Å². The number of hydrogen-bond donors (Lipinski definition) is 1. The molecule has 28 heavy (non-hydrogen) atoms. The average molecular weight is 387 g/mol. The van der Waals surface area contributed by atoms with Crippen LogP contribution in [0.15, 0.2) is 30.3 Å². The van der Waals surface area contributed by atoms with Crippen molar-refractivity contribution in [2.45, 2.75) is 19.4 Å². The average Bonchev–Trinajstić information content (AvgIpc) is 2.71. The van der Waals surface area contributed by atoms with E-state index in [4.69, 9.17) is 14.2 Å². The van der Waals surface area contributed by atoms with E-state index in [0.29, 0.717) is 31.4 Å². The predicted octanol–water partition coefficient (Wildman–Crippen LogP) is 2.72. The van der Waals surface area contributed by atoms with E-state index in [1.807, 2.05) is 6.07 Å². The van der Waals surface area contributed by atoms with Crippen LogP contribution in [0, 0.1) is 5.82 Å². The van der Waals surface area contributed by atoms with Crippen LogP contribution in [0.4, 0.5) is 10.1 Å². The zero-order valence-corrected chi connectivity index (χ0v) is 16.1. The monoisotopic (exact) mass is 387 g/mol. The second-order valence-corrected chi connectivity index (χ2v) is 7.27. The summed E-state index contributed by atoms with van der Waals surface area (Å²) < 4.78 is 30.4. The molecule has 0 amide bonds. The Bertz CT molecular complexity index is 794. The highest BCUT2D eigenvalue weighted by Gasteiger charge is 2.21. The molecule has 0 saturated carbocycles. The van der Waals surface area contributed by atoms with Crippen LogP contribution < -0.4 is 14.8 Å². The Kier molecular flexibility index (Phi) is 5.92. The van der Waals surface area contributed by atoms with Crippen molar-refractivity contribution in [2.75, 3.05) is 51.4 Å². The first kappa shape index (κ1) is 19.0. The third kappa shape index (κ3) is 4.72. The minimum atomic E-state index is -0.238. The zero-order chi connectivity index (χ0) is 19.3. The summed E-state index contributed by atoms with van der Waals surface area (Å²) in [4.78, 5) is 6.94. The van der Waals surface area contributed by atoms with Crippen LogP contribution in [0.2, 0.25) is 0 Å². The highest BCUT2D eigenvalue weighted by Crippen LogP contribution is 2.33. The smallest absolute Gasteiger partial charge is 0.240 e. The van der Waals surface area contributed by atoms with Crippen molar-refractivity contribution in [2.24, 2.45) is 0 Å². The van der Waals surface area contributed by atoms with Crippen molar-refractivity contribution in [1.29, 1.82) is 0 Å². The lowest BCUT2D eigenvalue weighted by atomic mass is 10.1. The molecular weight excluding hydrogens is 361 g/mol. The molecule has 0 spiro atoms. The molecule has 4 rings (SSSR count). The molecule has 1 aromatic heterocycles. The van der Waals surface area contributed by atoms with Gasteiger partial charge in [0.25, 0.3) is 0 Å². The van der Waals surface area contributed by atoms with Crippen LogP contribution in [0.1, 0.15) is 18.1 Å². The summed E-state index contributed by atoms with van der Waals surface area (Å²) >= 11 is 0. The van der Waals surface area contributed by atoms with Gasteiger partial charge in [0.1, 0.15) is 19.0 Å². The Morgan fingerprint density at radius 3 is 2.82 bits per heavy atom. The first-order valence-electron chi connectivity index (χ1n) is 9.78. The Labute approximate surface area is 164 Å². The molecule has 0 bridgehead atoms. The van der Waals surface area contributed by atoms with Gasteiger partial charge in [-0.25, -0.2) is 4.39 Å². The molecule has 2 aliphatic heterocycles. The van der Waals surface area contributed by atoms with Gasteiger partial charge >= 0.3 is 0 Å². The van der Waals surface area contributed by atoms with E-state index in [0.717, 1.165) is 49.7 Å². The number of aromatic nitrogens is 1. The molecule has 6 nitrogen and oxygen atoms in total. The maximum atomic E-state index is 13.2. The van der Waals surface area contributed by atoms with Crippen molar-refractivity contribution in [1.82, 2.24) is 9.88 Å². The minimum Gasteiger partial charge on any atom is -0.476 e. The number of rotatable bonds is 6. The number of benzene rings is 1. The Hall–Kier alpha value is -2.38. The second-order valence-electron chi connectivity index (χ2n) is 7.27. The molecule has 1 fully saturated rings. The number of morpholine rings is 1. The summed E-state index contributed by atoms with van der Waals surface area (Å²) in [6.45, 7) is 7.40. The van der Waals surface area contributed by atoms with E-state index in [1.54, 1.807) is 12.1 Å². The number of fused-ring (bicyclic) bond motifs is 1. The van der Waals surface area contributed by atoms with E-state index < -0.39 is 0 Å². The fourth-order valence-electron chi connectivity index (χ4n) is 3.42. The highest BCUT2D eigenvalue weighted by molar-refractivity contribution is 5.59. The molecule has 1 saturated heterocycles. The van der Waals surface area contributed by atoms with E-state index in [-0.39, 0.29) is 11.9 Å². The first-order valence-corrected chi connectivity index (χ1v) is 9.78. The van der Waals surface area contributed by atoms with Crippen molar-refractivity contribution in [3.05, 3.63) is 47.3 Å². The van der Waals surface area contributed by atoms with Crippen LogP contribution in [0.3, 0.4) is 0 Å². The molecule has 2 aromatic rings. The van der Waals surface area contributed by atoms with Crippen LogP contribution in [-0.4, -0.2) is 62.0 Å². The lowest BCUT2D eigenvalue weighted by Gasteiger charge is -2.27. The number of nitrogens with one attached hydrogen (secondary N) is 1. The standard InChI is InChI=1S/C21H26FN3O3/c1-15-14-28-21-19(23-15)13-17(12-16-2-4-18(22)5-3-16)20(24-21)27-11-8-25-6-9-26-10-7-25/h2-5,13,15,23H,6-12,14H2,1H3. The van der Waals surface area contributed by atoms with Crippen molar-refractivity contribution >= 4 is 5.69 Å². The summed E-state index contributed by atoms with van der Waals surface area (Å²) in [5, 5.41) is 3.40. The predicted molar refractivity (Wildman–Crippen MR) is 105 cm³/mol. The van der Waals surface area contributed by atoms with Crippen LogP contribution in [0.5, 0.6) is 11.8 Å². The molecule has 3 heterocycles. The fourth-order valence-corrected chi connectivity index (χ4v) is 3.42. The molecule has 1 atom stereocenters. The lowest BCUT2D eigenvalue weighted by Crippen LogP contribution is -2.38. The Balaban J connectivity index is 1.51. The highest BCUT2D eigenvalue weighted by atomic mass is 19.1. The SMILES string of the molecule is CC1COc2nc(OCCN3CCOCC3)c(Cc3ccc(F)cc3)cc2N1. The summed E-state index contributed by atoms with van der Waals surface area (Å²) in [5.74, 6) is 0.910. The number of hydrogen-bond acceptors (Lipinski definition) is 6. The normalized spacial score (nSPS) is 19.4. The second kappa shape index (κ2) is 8.75. The molecule has 150 valence electrons. The van der Waals surface area contributed by atoms with Crippen LogP contribution in [0.25, 0.3) is 0 Å². The molecule has 2 aliphatic rings. The molecule has 0 aliphatic carbocycles. The lowest BCUT2D eigenvalue weighted by molar-refractivity contribution is 0.0319. The maximum absolute atomic E-state index is 13.2. The molecule has 1 unspecified atom stereocenters. The van der Waals surface area contributed by atoms with Gasteiger partial charge in [-0.2, -0.15) is 4.98 Å². The molecule has 1 aromatic carbocycles. The van der Waals surface area contributed by atoms with Crippen LogP contribution in [-0.2, 0) is 11.2 Å². The maximum Gasteiger partial charge on any atom is 0.240 e. The quantitative estimate of drug-likeness (QED) is 0.823. The summed E-state index contributed by atoms with van der Waals surface area (Å²) in [5.41, 5.74) is 2.83. The van der Waals surface area contributed by atoms with Gasteiger partial charge < -0.3 is 19.5 Å². The van der Waals surface area contributed by atoms with E-state index in [1.165, 1.54) is 12.1 Å². The minimum absolute atomic E-state index is 0.223. The number of halogens is 1. The molecule has 7 heteroatoms. The third-order valence-electron chi connectivity index (χ3n) is 4.96. The molecule has 1 N–H and O–H groups in total. The van der Waals surface area contributed by atoms with E-state index >= 15 is 0 Å². The number of anilines is 1. The fraction of sp³-hybridized carbons (Fsp3) is 0.476. The van der Waals surface area contributed by atoms with Gasteiger partial charge in [-0.15, -0.1) is 0 Å². The van der Waals surface area contributed by atoms with Gasteiger partial charge in [-0.05, 0) is 30.7 Å². The number of pyridine rings is 1. The first-order chi connectivity index (χ1) is 13.7. The largest absolute Gasteiger partial charge is 0.476 e. The number of ether oxygens (including phenoxy) is 3. The molecule has 0 radical (unpaired) electrons. The topological polar surface area (TPSA) is 55.9 Å². The summed E-state index contributed by atoms with van der Waals surface area (Å²) in [6, 6.07) is 8.79. The Morgan fingerprint density at radius 2 is 2.04 bits per heavy atom. The van der Waals surface area contributed by atoms with Crippen molar-refractivity contribution < 1.29 is 18.6 Å². The zero-order valence-electron chi connectivity index (χ0n) is 16.1. The van der Waals surface area contributed by atoms with Gasteiger partial charge in [0.05, 0.1) is 24.9 Å². The molecular formula is C21H26FN3O3. The van der Waals surface area contributed by atoms with E-state index in [9.17, 15) is 4.39 Å². The number of nitrogens with zero attached hydrogens (tertiary/aromatic N) is 2. The summed E-state index contributed by atoms with van der Waals surface area (Å²) in [6.07, 6.45) is 0.615. The van der Waals surface area contributed by atoms with E-state index in [2.05, 4.69) is 22.1 Å². The Morgan fingerprint density at radius 1 is 1.25 bits per heavy atom.